The minimum absolute atomic E-state index is 0.354. The van der Waals surface area contributed by atoms with Crippen molar-refractivity contribution in [3.63, 3.8) is 0 Å². The van der Waals surface area contributed by atoms with Crippen molar-refractivity contribution in [2.24, 2.45) is 0 Å². The first-order valence-corrected chi connectivity index (χ1v) is 8.81. The SMILES string of the molecule is C=C(C(=O)OC)c1ccc(O[Si](C)(C)C)cc1. The normalized spacial score (nSPS) is 10.8. The Hall–Kier alpha value is -1.55. The quantitative estimate of drug-likeness (QED) is 0.468. The van der Waals surface area contributed by atoms with Crippen molar-refractivity contribution in [1.29, 1.82) is 0 Å². The van der Waals surface area contributed by atoms with Crippen LogP contribution in [-0.2, 0) is 9.53 Å². The summed E-state index contributed by atoms with van der Waals surface area (Å²) < 4.78 is 10.4. The van der Waals surface area contributed by atoms with Crippen LogP contribution >= 0.6 is 0 Å². The van der Waals surface area contributed by atoms with E-state index in [0.29, 0.717) is 5.57 Å². The van der Waals surface area contributed by atoms with E-state index in [2.05, 4.69) is 31.0 Å². The Kier molecular flexibility index (Phi) is 4.12. The highest BCUT2D eigenvalue weighted by Gasteiger charge is 2.16. The third kappa shape index (κ3) is 4.07. The van der Waals surface area contributed by atoms with Crippen LogP contribution < -0.4 is 4.43 Å². The van der Waals surface area contributed by atoms with E-state index in [0.717, 1.165) is 11.3 Å². The third-order valence-corrected chi connectivity index (χ3v) is 2.91. The van der Waals surface area contributed by atoms with Crippen molar-refractivity contribution in [2.45, 2.75) is 19.6 Å². The van der Waals surface area contributed by atoms with Crippen molar-refractivity contribution < 1.29 is 14.0 Å². The van der Waals surface area contributed by atoms with Crippen molar-refractivity contribution in [2.75, 3.05) is 7.11 Å². The molecule has 0 N–H and O–H groups in total. The summed E-state index contributed by atoms with van der Waals surface area (Å²) in [7, 11) is -0.242. The molecule has 0 aliphatic carbocycles. The van der Waals surface area contributed by atoms with Gasteiger partial charge in [0.05, 0.1) is 12.7 Å². The molecule has 1 aromatic carbocycles. The van der Waals surface area contributed by atoms with Crippen LogP contribution in [0, 0.1) is 0 Å². The van der Waals surface area contributed by atoms with E-state index in [1.54, 1.807) is 0 Å². The van der Waals surface area contributed by atoms with Crippen LogP contribution in [0.4, 0.5) is 0 Å². The molecule has 0 radical (unpaired) electrons. The van der Waals surface area contributed by atoms with Gasteiger partial charge in [0.15, 0.2) is 0 Å². The van der Waals surface area contributed by atoms with E-state index in [9.17, 15) is 4.79 Å². The molecule has 0 aromatic heterocycles. The van der Waals surface area contributed by atoms with Crippen molar-refractivity contribution in [3.05, 3.63) is 36.4 Å². The highest BCUT2D eigenvalue weighted by Crippen LogP contribution is 2.20. The summed E-state index contributed by atoms with van der Waals surface area (Å²) in [5, 5.41) is 0. The fraction of sp³-hybridized carbons (Fsp3) is 0.308. The van der Waals surface area contributed by atoms with Crippen molar-refractivity contribution >= 4 is 19.9 Å². The maximum atomic E-state index is 11.3. The lowest BCUT2D eigenvalue weighted by atomic mass is 10.1. The standard InChI is InChI=1S/C13H18O3Si/c1-10(13(14)15-2)11-6-8-12(9-7-11)16-17(3,4)5/h6-9H,1H2,2-5H3. The van der Waals surface area contributed by atoms with E-state index in [-0.39, 0.29) is 0 Å². The number of carbonyl (C=O) groups is 1. The van der Waals surface area contributed by atoms with Gasteiger partial charge in [-0.05, 0) is 37.3 Å². The molecule has 0 aliphatic heterocycles. The average molecular weight is 250 g/mol. The second-order valence-electron chi connectivity index (χ2n) is 4.71. The fourth-order valence-electron chi connectivity index (χ4n) is 1.32. The lowest BCUT2D eigenvalue weighted by molar-refractivity contribution is -0.133. The van der Waals surface area contributed by atoms with Crippen molar-refractivity contribution in [3.8, 4) is 5.75 Å². The monoisotopic (exact) mass is 250 g/mol. The van der Waals surface area contributed by atoms with Crippen LogP contribution in [0.25, 0.3) is 5.57 Å². The lowest BCUT2D eigenvalue weighted by Gasteiger charge is -2.19. The largest absolute Gasteiger partial charge is 0.544 e. The van der Waals surface area contributed by atoms with Crippen LogP contribution in [0.5, 0.6) is 5.75 Å². The van der Waals surface area contributed by atoms with E-state index < -0.39 is 14.3 Å². The molecule has 0 saturated heterocycles. The van der Waals surface area contributed by atoms with E-state index >= 15 is 0 Å². The zero-order valence-corrected chi connectivity index (χ0v) is 11.7. The van der Waals surface area contributed by atoms with Gasteiger partial charge in [-0.2, -0.15) is 0 Å². The number of esters is 1. The zero-order valence-electron chi connectivity index (χ0n) is 10.7. The fourth-order valence-corrected chi connectivity index (χ4v) is 2.16. The summed E-state index contributed by atoms with van der Waals surface area (Å²) in [5.74, 6) is 0.412. The molecule has 0 amide bonds. The van der Waals surface area contributed by atoms with Crippen LogP contribution in [0.3, 0.4) is 0 Å². The molecular weight excluding hydrogens is 232 g/mol. The summed E-state index contributed by atoms with van der Waals surface area (Å²) in [6, 6.07) is 7.33. The van der Waals surface area contributed by atoms with Gasteiger partial charge in [0.25, 0.3) is 0 Å². The first kappa shape index (κ1) is 13.5. The lowest BCUT2D eigenvalue weighted by Crippen LogP contribution is -2.29. The molecule has 17 heavy (non-hydrogen) atoms. The van der Waals surface area contributed by atoms with Gasteiger partial charge in [0, 0.05) is 0 Å². The van der Waals surface area contributed by atoms with Crippen LogP contribution in [0.2, 0.25) is 19.6 Å². The Labute approximate surface area is 103 Å². The number of hydrogen-bond acceptors (Lipinski definition) is 3. The Morgan fingerprint density at radius 2 is 1.71 bits per heavy atom. The van der Waals surface area contributed by atoms with Crippen LogP contribution in [0.15, 0.2) is 30.8 Å². The average Bonchev–Trinajstić information content (AvgIpc) is 2.26. The predicted molar refractivity (Wildman–Crippen MR) is 71.5 cm³/mol. The highest BCUT2D eigenvalue weighted by atomic mass is 28.4. The van der Waals surface area contributed by atoms with Crippen LogP contribution in [0.1, 0.15) is 5.56 Å². The molecule has 0 bridgehead atoms. The molecule has 0 saturated carbocycles. The van der Waals surface area contributed by atoms with E-state index in [4.69, 9.17) is 4.43 Å². The maximum absolute atomic E-state index is 11.3. The Morgan fingerprint density at radius 1 is 1.18 bits per heavy atom. The number of hydrogen-bond donors (Lipinski definition) is 0. The number of benzene rings is 1. The molecule has 0 unspecified atom stereocenters. The van der Waals surface area contributed by atoms with Gasteiger partial charge in [-0.25, -0.2) is 4.79 Å². The smallest absolute Gasteiger partial charge is 0.337 e. The van der Waals surface area contributed by atoms with Gasteiger partial charge in [0.1, 0.15) is 5.75 Å². The van der Waals surface area contributed by atoms with Gasteiger partial charge >= 0.3 is 5.97 Å². The zero-order chi connectivity index (χ0) is 13.1. The molecule has 0 heterocycles. The van der Waals surface area contributed by atoms with Gasteiger partial charge in [-0.3, -0.25) is 0 Å². The molecule has 0 atom stereocenters. The molecular formula is C13H18O3Si. The molecule has 1 rings (SSSR count). The van der Waals surface area contributed by atoms with Gasteiger partial charge < -0.3 is 9.16 Å². The minimum atomic E-state index is -1.59. The predicted octanol–water partition coefficient (Wildman–Crippen LogP) is 3.09. The first-order valence-electron chi connectivity index (χ1n) is 5.40. The second-order valence-corrected chi connectivity index (χ2v) is 9.14. The summed E-state index contributed by atoms with van der Waals surface area (Å²) in [6.45, 7) is 10.1. The Bertz CT molecular complexity index is 415. The number of carbonyl (C=O) groups excluding carboxylic acids is 1. The molecule has 92 valence electrons. The molecule has 3 nitrogen and oxygen atoms in total. The Morgan fingerprint density at radius 3 is 2.12 bits per heavy atom. The highest BCUT2D eigenvalue weighted by molar-refractivity contribution is 6.70. The summed E-state index contributed by atoms with van der Waals surface area (Å²) >= 11 is 0. The summed E-state index contributed by atoms with van der Waals surface area (Å²) in [5.41, 5.74) is 1.10. The minimum Gasteiger partial charge on any atom is -0.544 e. The number of rotatable bonds is 4. The maximum Gasteiger partial charge on any atom is 0.337 e. The number of ether oxygens (including phenoxy) is 1. The van der Waals surface area contributed by atoms with Crippen molar-refractivity contribution in [1.82, 2.24) is 0 Å². The summed E-state index contributed by atoms with van der Waals surface area (Å²) in [4.78, 5) is 11.3. The van der Waals surface area contributed by atoms with Gasteiger partial charge in [-0.1, -0.05) is 18.7 Å². The molecule has 0 fully saturated rings. The molecule has 0 spiro atoms. The van der Waals surface area contributed by atoms with E-state index in [1.807, 2.05) is 24.3 Å². The first-order chi connectivity index (χ1) is 7.83. The van der Waals surface area contributed by atoms with Gasteiger partial charge in [-0.15, -0.1) is 0 Å². The second kappa shape index (κ2) is 5.18. The molecule has 1 aromatic rings. The van der Waals surface area contributed by atoms with Crippen LogP contribution in [-0.4, -0.2) is 21.4 Å². The third-order valence-electron chi connectivity index (χ3n) is 2.06. The molecule has 0 aliphatic rings. The Balaban J connectivity index is 2.82. The van der Waals surface area contributed by atoms with E-state index in [1.165, 1.54) is 7.11 Å². The topological polar surface area (TPSA) is 35.5 Å². The summed E-state index contributed by atoms with van der Waals surface area (Å²) in [6.07, 6.45) is 0. The number of methoxy groups -OCH3 is 1. The van der Waals surface area contributed by atoms with Gasteiger partial charge in [0.2, 0.25) is 8.32 Å². The molecule has 4 heteroatoms.